The van der Waals surface area contributed by atoms with Gasteiger partial charge in [-0.3, -0.25) is 0 Å². The third-order valence-corrected chi connectivity index (χ3v) is 4.07. The number of benzene rings is 2. The number of hydrogen-bond acceptors (Lipinski definition) is 3. The van der Waals surface area contributed by atoms with Crippen LogP contribution in [-0.4, -0.2) is 13.3 Å². The van der Waals surface area contributed by atoms with Gasteiger partial charge in [-0.1, -0.05) is 35.9 Å². The van der Waals surface area contributed by atoms with Crippen LogP contribution in [0.4, 0.5) is 5.69 Å². The van der Waals surface area contributed by atoms with E-state index in [2.05, 4.69) is 42.2 Å². The van der Waals surface area contributed by atoms with Gasteiger partial charge in [0, 0.05) is 18.5 Å². The molecule has 0 unspecified atom stereocenters. The van der Waals surface area contributed by atoms with Crippen LogP contribution in [0.3, 0.4) is 0 Å². The maximum absolute atomic E-state index is 9.39. The van der Waals surface area contributed by atoms with Crippen LogP contribution in [0.15, 0.2) is 47.4 Å². The first kappa shape index (κ1) is 14.5. The minimum absolute atomic E-state index is 0.759. The molecule has 0 spiro atoms. The first-order valence-corrected chi connectivity index (χ1v) is 7.72. The SMILES string of the molecule is CSc1cccc(N(C)Cc2ccc(C)cc2)c1C#N. The number of nitrogens with zero attached hydrogens (tertiary/aromatic N) is 2. The first-order valence-electron chi connectivity index (χ1n) is 6.49. The fourth-order valence-corrected chi connectivity index (χ4v) is 2.74. The molecule has 0 bridgehead atoms. The van der Waals surface area contributed by atoms with Gasteiger partial charge in [0.25, 0.3) is 0 Å². The van der Waals surface area contributed by atoms with Crippen molar-refractivity contribution in [3.8, 4) is 6.07 Å². The summed E-state index contributed by atoms with van der Waals surface area (Å²) in [5.74, 6) is 0. The van der Waals surface area contributed by atoms with Crippen LogP contribution in [0.25, 0.3) is 0 Å². The Hall–Kier alpha value is -1.92. The predicted octanol–water partition coefficient (Wildman–Crippen LogP) is 4.23. The van der Waals surface area contributed by atoms with Gasteiger partial charge in [0.05, 0.1) is 11.3 Å². The van der Waals surface area contributed by atoms with E-state index in [1.54, 1.807) is 11.8 Å². The number of anilines is 1. The van der Waals surface area contributed by atoms with Crippen LogP contribution in [0, 0.1) is 18.3 Å². The Morgan fingerprint density at radius 3 is 2.45 bits per heavy atom. The summed E-state index contributed by atoms with van der Waals surface area (Å²) >= 11 is 1.61. The Labute approximate surface area is 125 Å². The molecule has 2 aromatic carbocycles. The first-order chi connectivity index (χ1) is 9.65. The summed E-state index contributed by atoms with van der Waals surface area (Å²) in [6.07, 6.45) is 2.00. The lowest BCUT2D eigenvalue weighted by molar-refractivity contribution is 0.917. The summed E-state index contributed by atoms with van der Waals surface area (Å²) in [5, 5.41) is 9.39. The maximum Gasteiger partial charge on any atom is 0.103 e. The Morgan fingerprint density at radius 1 is 1.15 bits per heavy atom. The largest absolute Gasteiger partial charge is 0.369 e. The average Bonchev–Trinajstić information content (AvgIpc) is 2.48. The molecule has 0 N–H and O–H groups in total. The molecule has 0 radical (unpaired) electrons. The summed E-state index contributed by atoms with van der Waals surface area (Å²) in [6.45, 7) is 2.88. The number of thioether (sulfide) groups is 1. The molecule has 0 fully saturated rings. The highest BCUT2D eigenvalue weighted by molar-refractivity contribution is 7.98. The van der Waals surface area contributed by atoms with E-state index in [9.17, 15) is 5.26 Å². The van der Waals surface area contributed by atoms with Crippen molar-refractivity contribution in [2.45, 2.75) is 18.4 Å². The molecule has 2 rings (SSSR count). The lowest BCUT2D eigenvalue weighted by Gasteiger charge is -2.21. The molecule has 2 nitrogen and oxygen atoms in total. The van der Waals surface area contributed by atoms with Crippen LogP contribution in [0.1, 0.15) is 16.7 Å². The van der Waals surface area contributed by atoms with Gasteiger partial charge in [-0.05, 0) is 30.9 Å². The van der Waals surface area contributed by atoms with Gasteiger partial charge in [-0.2, -0.15) is 5.26 Å². The van der Waals surface area contributed by atoms with Gasteiger partial charge in [-0.25, -0.2) is 0 Å². The van der Waals surface area contributed by atoms with E-state index in [4.69, 9.17) is 0 Å². The summed E-state index contributed by atoms with van der Waals surface area (Å²) in [7, 11) is 2.03. The smallest absolute Gasteiger partial charge is 0.103 e. The molecule has 20 heavy (non-hydrogen) atoms. The van der Waals surface area contributed by atoms with Crippen molar-refractivity contribution in [2.75, 3.05) is 18.2 Å². The highest BCUT2D eigenvalue weighted by Gasteiger charge is 2.11. The highest BCUT2D eigenvalue weighted by Crippen LogP contribution is 2.29. The van der Waals surface area contributed by atoms with E-state index >= 15 is 0 Å². The van der Waals surface area contributed by atoms with Crippen LogP contribution >= 0.6 is 11.8 Å². The second-order valence-corrected chi connectivity index (χ2v) is 5.66. The molecule has 3 heteroatoms. The number of aryl methyl sites for hydroxylation is 1. The molecular formula is C17H18N2S. The third-order valence-electron chi connectivity index (χ3n) is 3.29. The van der Waals surface area contributed by atoms with Gasteiger partial charge >= 0.3 is 0 Å². The molecule has 0 amide bonds. The van der Waals surface area contributed by atoms with E-state index in [0.717, 1.165) is 22.7 Å². The Bertz CT molecular complexity index is 626. The molecule has 2 aromatic rings. The van der Waals surface area contributed by atoms with Crippen molar-refractivity contribution in [2.24, 2.45) is 0 Å². The topological polar surface area (TPSA) is 27.0 Å². The quantitative estimate of drug-likeness (QED) is 0.785. The monoisotopic (exact) mass is 282 g/mol. The van der Waals surface area contributed by atoms with Crippen LogP contribution in [0.5, 0.6) is 0 Å². The highest BCUT2D eigenvalue weighted by atomic mass is 32.2. The lowest BCUT2D eigenvalue weighted by atomic mass is 10.1. The van der Waals surface area contributed by atoms with Crippen molar-refractivity contribution >= 4 is 17.4 Å². The molecule has 0 aliphatic rings. The third kappa shape index (κ3) is 3.15. The minimum atomic E-state index is 0.759. The lowest BCUT2D eigenvalue weighted by Crippen LogP contribution is -2.17. The summed E-state index contributed by atoms with van der Waals surface area (Å²) in [5.41, 5.74) is 4.25. The van der Waals surface area contributed by atoms with Gasteiger partial charge < -0.3 is 4.90 Å². The van der Waals surface area contributed by atoms with E-state index in [-0.39, 0.29) is 0 Å². The average molecular weight is 282 g/mol. The molecule has 0 aliphatic heterocycles. The van der Waals surface area contributed by atoms with E-state index in [1.165, 1.54) is 11.1 Å². The van der Waals surface area contributed by atoms with Crippen molar-refractivity contribution in [1.82, 2.24) is 0 Å². The Morgan fingerprint density at radius 2 is 1.85 bits per heavy atom. The molecule has 0 heterocycles. The number of nitriles is 1. The fraction of sp³-hybridized carbons (Fsp3) is 0.235. The molecule has 0 aromatic heterocycles. The summed E-state index contributed by atoms with van der Waals surface area (Å²) in [4.78, 5) is 3.16. The zero-order valence-corrected chi connectivity index (χ0v) is 12.9. The van der Waals surface area contributed by atoms with E-state index in [0.29, 0.717) is 0 Å². The predicted molar refractivity (Wildman–Crippen MR) is 86.2 cm³/mol. The van der Waals surface area contributed by atoms with Crippen LogP contribution in [-0.2, 0) is 6.54 Å². The van der Waals surface area contributed by atoms with Gasteiger partial charge in [-0.15, -0.1) is 11.8 Å². The van der Waals surface area contributed by atoms with Crippen molar-refractivity contribution < 1.29 is 0 Å². The maximum atomic E-state index is 9.39. The summed E-state index contributed by atoms with van der Waals surface area (Å²) < 4.78 is 0. The second-order valence-electron chi connectivity index (χ2n) is 4.81. The molecular weight excluding hydrogens is 264 g/mol. The Kier molecular flexibility index (Phi) is 4.70. The Balaban J connectivity index is 2.27. The molecule has 102 valence electrons. The van der Waals surface area contributed by atoms with Gasteiger partial charge in [0.1, 0.15) is 6.07 Å². The number of hydrogen-bond donors (Lipinski definition) is 0. The van der Waals surface area contributed by atoms with Crippen molar-refractivity contribution in [3.05, 3.63) is 59.2 Å². The standard InChI is InChI=1S/C17H18N2S/c1-13-7-9-14(10-8-13)12-19(2)16-5-4-6-17(20-3)15(16)11-18/h4-10H,12H2,1-3H3. The minimum Gasteiger partial charge on any atom is -0.369 e. The molecule has 0 saturated carbocycles. The van der Waals surface area contributed by atoms with Crippen molar-refractivity contribution in [1.29, 1.82) is 5.26 Å². The zero-order chi connectivity index (χ0) is 14.5. The van der Waals surface area contributed by atoms with Crippen LogP contribution < -0.4 is 4.90 Å². The number of rotatable bonds is 4. The normalized spacial score (nSPS) is 10.1. The second kappa shape index (κ2) is 6.49. The molecule has 0 aliphatic carbocycles. The fourth-order valence-electron chi connectivity index (χ4n) is 2.17. The molecule has 0 atom stereocenters. The van der Waals surface area contributed by atoms with Crippen LogP contribution in [0.2, 0.25) is 0 Å². The molecule has 0 saturated heterocycles. The van der Waals surface area contributed by atoms with Crippen molar-refractivity contribution in [3.63, 3.8) is 0 Å². The van der Waals surface area contributed by atoms with Gasteiger partial charge in [0.15, 0.2) is 0 Å². The zero-order valence-electron chi connectivity index (χ0n) is 12.1. The van der Waals surface area contributed by atoms with E-state index in [1.807, 2.05) is 31.5 Å². The summed E-state index contributed by atoms with van der Waals surface area (Å²) in [6, 6.07) is 16.8. The van der Waals surface area contributed by atoms with Gasteiger partial charge in [0.2, 0.25) is 0 Å². The van der Waals surface area contributed by atoms with E-state index < -0.39 is 0 Å².